The van der Waals surface area contributed by atoms with Gasteiger partial charge in [0.15, 0.2) is 0 Å². The minimum absolute atomic E-state index is 0.0178. The monoisotopic (exact) mass is 393 g/mol. The van der Waals surface area contributed by atoms with Crippen LogP contribution < -0.4 is 5.73 Å². The van der Waals surface area contributed by atoms with Crippen molar-refractivity contribution in [3.8, 4) is 0 Å². The molecule has 1 saturated heterocycles. The number of piperazine rings is 1. The Morgan fingerprint density at radius 2 is 1.44 bits per heavy atom. The first-order valence-electron chi connectivity index (χ1n) is 9.74. The highest BCUT2D eigenvalue weighted by Crippen LogP contribution is 2.31. The summed E-state index contributed by atoms with van der Waals surface area (Å²) >= 11 is 0. The number of hydrogen-bond acceptors (Lipinski definition) is 4. The Morgan fingerprint density at radius 1 is 0.963 bits per heavy atom. The predicted molar refractivity (Wildman–Crippen MR) is 106 cm³/mol. The van der Waals surface area contributed by atoms with Crippen LogP contribution in [0.4, 0.5) is 0 Å². The van der Waals surface area contributed by atoms with Gasteiger partial charge in [-0.1, -0.05) is 18.9 Å². The molecule has 0 atom stereocenters. The van der Waals surface area contributed by atoms with Crippen LogP contribution >= 0.6 is 0 Å². The number of benzene rings is 1. The number of carbonyl (C=O) groups excluding carboxylic acids is 1. The highest BCUT2D eigenvalue weighted by Gasteiger charge is 2.41. The highest BCUT2D eigenvalue weighted by atomic mass is 32.2. The number of nitrogens with two attached hydrogens (primary N) is 1. The largest absolute Gasteiger partial charge is 0.338 e. The molecule has 0 radical (unpaired) electrons. The molecule has 6 nitrogen and oxygen atoms in total. The molecule has 2 aliphatic rings. The second-order valence-electron chi connectivity index (χ2n) is 8.15. The van der Waals surface area contributed by atoms with Gasteiger partial charge in [-0.05, 0) is 62.8 Å². The summed E-state index contributed by atoms with van der Waals surface area (Å²) < 4.78 is 28.2. The second-order valence-corrected chi connectivity index (χ2v) is 10.0. The van der Waals surface area contributed by atoms with Gasteiger partial charge in [-0.2, -0.15) is 4.31 Å². The smallest absolute Gasteiger partial charge is 0.243 e. The molecule has 1 aliphatic heterocycles. The standard InChI is InChI=1S/C20H31N3O3S/c1-14-13-15(2)17(4)18(16(14)3)27(25,26)23-11-9-22(10-12-23)19(24)20(21)7-5-6-8-20/h13H,5-12,21H2,1-4H3. The molecule has 3 rings (SSSR count). The molecule has 0 unspecified atom stereocenters. The lowest BCUT2D eigenvalue weighted by atomic mass is 9.97. The molecular weight excluding hydrogens is 362 g/mol. The zero-order valence-electron chi connectivity index (χ0n) is 16.8. The Kier molecular flexibility index (Phi) is 5.40. The van der Waals surface area contributed by atoms with E-state index in [1.54, 1.807) is 4.90 Å². The predicted octanol–water partition coefficient (Wildman–Crippen LogP) is 2.02. The van der Waals surface area contributed by atoms with Gasteiger partial charge in [-0.3, -0.25) is 4.79 Å². The SMILES string of the molecule is Cc1cc(C)c(C)c(S(=O)(=O)N2CCN(C(=O)C3(N)CCCC3)CC2)c1C. The van der Waals surface area contributed by atoms with E-state index in [2.05, 4.69) is 0 Å². The number of aryl methyl sites for hydroxylation is 2. The fraction of sp³-hybridized carbons (Fsp3) is 0.650. The third kappa shape index (κ3) is 3.52. The molecular formula is C20H31N3O3S. The van der Waals surface area contributed by atoms with E-state index >= 15 is 0 Å². The quantitative estimate of drug-likeness (QED) is 0.852. The van der Waals surface area contributed by atoms with Crippen LogP contribution in [0.5, 0.6) is 0 Å². The minimum atomic E-state index is -3.59. The van der Waals surface area contributed by atoms with Crippen LogP contribution in [0.25, 0.3) is 0 Å². The van der Waals surface area contributed by atoms with Crippen molar-refractivity contribution >= 4 is 15.9 Å². The van der Waals surface area contributed by atoms with Crippen LogP contribution in [0.1, 0.15) is 47.9 Å². The zero-order chi connectivity index (χ0) is 20.0. The van der Waals surface area contributed by atoms with Crippen molar-refractivity contribution in [1.82, 2.24) is 9.21 Å². The number of hydrogen-bond donors (Lipinski definition) is 1. The third-order valence-electron chi connectivity index (χ3n) is 6.34. The van der Waals surface area contributed by atoms with Gasteiger partial charge in [0.2, 0.25) is 15.9 Å². The summed E-state index contributed by atoms with van der Waals surface area (Å²) in [5.74, 6) is -0.0178. The average molecular weight is 394 g/mol. The summed E-state index contributed by atoms with van der Waals surface area (Å²) in [4.78, 5) is 14.9. The number of carbonyl (C=O) groups is 1. The molecule has 1 aromatic carbocycles. The van der Waals surface area contributed by atoms with Gasteiger partial charge in [0.05, 0.1) is 10.4 Å². The van der Waals surface area contributed by atoms with Crippen molar-refractivity contribution in [1.29, 1.82) is 0 Å². The third-order valence-corrected chi connectivity index (χ3v) is 8.52. The number of nitrogens with zero attached hydrogens (tertiary/aromatic N) is 2. The van der Waals surface area contributed by atoms with E-state index in [0.29, 0.717) is 31.1 Å². The van der Waals surface area contributed by atoms with Gasteiger partial charge in [0.25, 0.3) is 0 Å². The fourth-order valence-electron chi connectivity index (χ4n) is 4.36. The van der Waals surface area contributed by atoms with E-state index in [1.165, 1.54) is 4.31 Å². The fourth-order valence-corrected chi connectivity index (χ4v) is 6.36. The van der Waals surface area contributed by atoms with Crippen molar-refractivity contribution in [3.05, 3.63) is 28.3 Å². The van der Waals surface area contributed by atoms with Crippen LogP contribution in [-0.4, -0.2) is 55.2 Å². The average Bonchev–Trinajstić information content (AvgIpc) is 3.07. The van der Waals surface area contributed by atoms with Crippen LogP contribution in [0.3, 0.4) is 0 Å². The molecule has 7 heteroatoms. The summed E-state index contributed by atoms with van der Waals surface area (Å²) in [5.41, 5.74) is 9.13. The van der Waals surface area contributed by atoms with Gasteiger partial charge in [0.1, 0.15) is 0 Å². The Labute approximate surface area is 162 Å². The minimum Gasteiger partial charge on any atom is -0.338 e. The molecule has 0 aromatic heterocycles. The molecule has 1 aromatic rings. The number of sulfonamides is 1. The van der Waals surface area contributed by atoms with E-state index in [-0.39, 0.29) is 5.91 Å². The maximum atomic E-state index is 13.3. The summed E-state index contributed by atoms with van der Waals surface area (Å²) in [6, 6.07) is 2.03. The van der Waals surface area contributed by atoms with Crippen molar-refractivity contribution < 1.29 is 13.2 Å². The van der Waals surface area contributed by atoms with Gasteiger partial charge in [-0.25, -0.2) is 8.42 Å². The molecule has 1 saturated carbocycles. The Balaban J connectivity index is 1.79. The number of rotatable bonds is 3. The van der Waals surface area contributed by atoms with Gasteiger partial charge in [0, 0.05) is 26.2 Å². The zero-order valence-corrected chi connectivity index (χ0v) is 17.7. The summed E-state index contributed by atoms with van der Waals surface area (Å²) in [6.45, 7) is 9.06. The van der Waals surface area contributed by atoms with E-state index in [9.17, 15) is 13.2 Å². The Hall–Kier alpha value is -1.44. The summed E-state index contributed by atoms with van der Waals surface area (Å²) in [7, 11) is -3.59. The second kappa shape index (κ2) is 7.18. The van der Waals surface area contributed by atoms with Crippen LogP contribution in [0, 0.1) is 27.7 Å². The van der Waals surface area contributed by atoms with Crippen LogP contribution in [-0.2, 0) is 14.8 Å². The lowest BCUT2D eigenvalue weighted by molar-refractivity contribution is -0.138. The first-order valence-corrected chi connectivity index (χ1v) is 11.2. The van der Waals surface area contributed by atoms with Crippen molar-refractivity contribution in [2.24, 2.45) is 5.73 Å². The molecule has 2 N–H and O–H groups in total. The normalized spacial score (nSPS) is 20.9. The lowest BCUT2D eigenvalue weighted by Gasteiger charge is -2.38. The Morgan fingerprint density at radius 3 is 1.93 bits per heavy atom. The lowest BCUT2D eigenvalue weighted by Crippen LogP contribution is -2.59. The molecule has 0 bridgehead atoms. The van der Waals surface area contributed by atoms with Crippen molar-refractivity contribution in [2.45, 2.75) is 63.8 Å². The molecule has 2 fully saturated rings. The highest BCUT2D eigenvalue weighted by molar-refractivity contribution is 7.89. The van der Waals surface area contributed by atoms with E-state index in [1.807, 2.05) is 33.8 Å². The topological polar surface area (TPSA) is 83.7 Å². The first kappa shape index (κ1) is 20.3. The van der Waals surface area contributed by atoms with E-state index in [0.717, 1.165) is 47.9 Å². The van der Waals surface area contributed by atoms with Crippen molar-refractivity contribution in [3.63, 3.8) is 0 Å². The van der Waals surface area contributed by atoms with Crippen molar-refractivity contribution in [2.75, 3.05) is 26.2 Å². The summed E-state index contributed by atoms with van der Waals surface area (Å²) in [5, 5.41) is 0. The molecule has 1 amide bonds. The first-order chi connectivity index (χ1) is 12.6. The van der Waals surface area contributed by atoms with E-state index < -0.39 is 15.6 Å². The van der Waals surface area contributed by atoms with Crippen LogP contribution in [0.2, 0.25) is 0 Å². The van der Waals surface area contributed by atoms with Gasteiger partial charge in [-0.15, -0.1) is 0 Å². The van der Waals surface area contributed by atoms with Crippen LogP contribution in [0.15, 0.2) is 11.0 Å². The molecule has 0 spiro atoms. The Bertz CT molecular complexity index is 823. The number of amides is 1. The maximum Gasteiger partial charge on any atom is 0.243 e. The molecule has 1 aliphatic carbocycles. The van der Waals surface area contributed by atoms with E-state index in [4.69, 9.17) is 5.73 Å². The van der Waals surface area contributed by atoms with Gasteiger partial charge >= 0.3 is 0 Å². The molecule has 1 heterocycles. The van der Waals surface area contributed by atoms with Gasteiger partial charge < -0.3 is 10.6 Å². The summed E-state index contributed by atoms with van der Waals surface area (Å²) in [6.07, 6.45) is 3.43. The molecule has 150 valence electrons. The molecule has 27 heavy (non-hydrogen) atoms. The maximum absolute atomic E-state index is 13.3.